The van der Waals surface area contributed by atoms with Gasteiger partial charge in [-0.25, -0.2) is 0 Å². The average Bonchev–Trinajstić information content (AvgIpc) is 2.99. The van der Waals surface area contributed by atoms with Crippen molar-refractivity contribution in [2.75, 3.05) is 32.8 Å². The second-order valence-electron chi connectivity index (χ2n) is 12.7. The molecule has 0 aromatic heterocycles. The van der Waals surface area contributed by atoms with Crippen molar-refractivity contribution in [2.24, 2.45) is 0 Å². The van der Waals surface area contributed by atoms with Crippen molar-refractivity contribution in [1.29, 1.82) is 0 Å². The van der Waals surface area contributed by atoms with Crippen molar-refractivity contribution < 1.29 is 24.2 Å². The first kappa shape index (κ1) is 41.9. The second kappa shape index (κ2) is 33.7. The molecule has 6 nitrogen and oxygen atoms in total. The third-order valence-corrected chi connectivity index (χ3v) is 8.45. The van der Waals surface area contributed by atoms with Crippen LogP contribution in [0.25, 0.3) is 0 Å². The molecule has 0 aliphatic heterocycles. The van der Waals surface area contributed by atoms with Crippen LogP contribution in [0, 0.1) is 0 Å². The smallest absolute Gasteiger partial charge is 0.306 e. The molecule has 1 atom stereocenters. The molecule has 256 valence electrons. The minimum atomic E-state index is -0.0985. The largest absolute Gasteiger partial charge is 0.466 e. The fourth-order valence-electron chi connectivity index (χ4n) is 5.66. The molecule has 0 aliphatic rings. The number of hydrogen-bond acceptors (Lipinski definition) is 6. The lowest BCUT2D eigenvalue weighted by Gasteiger charge is -2.21. The molecule has 0 radical (unpaired) electrons. The standard InChI is InChI=1S/C37H73NO5/c1-4-7-10-13-16-21-27-35(26-20-15-11-8-5-2)43-37(41)28-22-17-14-18-23-30-38(32-33-39)31-25-29-36(40)42-34-24-19-12-9-6-3/h35,39H,4-34H2,1-3H3. The van der Waals surface area contributed by atoms with Crippen molar-refractivity contribution in [2.45, 2.75) is 194 Å². The molecule has 1 N–H and O–H groups in total. The summed E-state index contributed by atoms with van der Waals surface area (Å²) in [5.74, 6) is -0.104. The molecule has 0 fully saturated rings. The quantitative estimate of drug-likeness (QED) is 0.0576. The maximum absolute atomic E-state index is 12.6. The first-order chi connectivity index (χ1) is 21.1. The summed E-state index contributed by atoms with van der Waals surface area (Å²) in [6, 6.07) is 0. The first-order valence-electron chi connectivity index (χ1n) is 18.8. The molecule has 0 aromatic carbocycles. The van der Waals surface area contributed by atoms with E-state index in [1.54, 1.807) is 0 Å². The summed E-state index contributed by atoms with van der Waals surface area (Å²) in [5.41, 5.74) is 0. The maximum atomic E-state index is 12.6. The van der Waals surface area contributed by atoms with E-state index in [1.165, 1.54) is 89.9 Å². The molecule has 1 unspecified atom stereocenters. The predicted octanol–water partition coefficient (Wildman–Crippen LogP) is 9.94. The van der Waals surface area contributed by atoms with E-state index in [4.69, 9.17) is 9.47 Å². The third-order valence-electron chi connectivity index (χ3n) is 8.45. The van der Waals surface area contributed by atoms with Gasteiger partial charge in [0.1, 0.15) is 6.10 Å². The van der Waals surface area contributed by atoms with E-state index in [-0.39, 0.29) is 24.6 Å². The Bertz CT molecular complexity index is 600. The molecule has 0 amide bonds. The Hall–Kier alpha value is -1.14. The molecule has 43 heavy (non-hydrogen) atoms. The van der Waals surface area contributed by atoms with Crippen molar-refractivity contribution in [1.82, 2.24) is 4.90 Å². The molecule has 0 rings (SSSR count). The van der Waals surface area contributed by atoms with Gasteiger partial charge in [0.05, 0.1) is 13.2 Å². The number of unbranched alkanes of at least 4 members (excludes halogenated alkanes) is 17. The topological polar surface area (TPSA) is 76.1 Å². The van der Waals surface area contributed by atoms with E-state index in [2.05, 4.69) is 25.7 Å². The summed E-state index contributed by atoms with van der Waals surface area (Å²) in [6.45, 7) is 9.78. The van der Waals surface area contributed by atoms with Crippen molar-refractivity contribution >= 4 is 11.9 Å². The Morgan fingerprint density at radius 3 is 1.58 bits per heavy atom. The van der Waals surface area contributed by atoms with E-state index in [9.17, 15) is 14.7 Å². The Labute approximate surface area is 267 Å². The highest BCUT2D eigenvalue weighted by molar-refractivity contribution is 5.69. The van der Waals surface area contributed by atoms with Gasteiger partial charge in [0, 0.05) is 19.4 Å². The zero-order valence-corrected chi connectivity index (χ0v) is 29.0. The first-order valence-corrected chi connectivity index (χ1v) is 18.8. The van der Waals surface area contributed by atoms with Gasteiger partial charge in [-0.1, -0.05) is 124 Å². The molecule has 0 bridgehead atoms. The highest BCUT2D eigenvalue weighted by atomic mass is 16.5. The molecule has 0 aliphatic carbocycles. The van der Waals surface area contributed by atoms with E-state index in [0.29, 0.717) is 26.0 Å². The summed E-state index contributed by atoms with van der Waals surface area (Å²) in [5, 5.41) is 9.43. The zero-order valence-electron chi connectivity index (χ0n) is 29.0. The number of esters is 2. The van der Waals surface area contributed by atoms with E-state index in [1.807, 2.05) is 0 Å². The van der Waals surface area contributed by atoms with Gasteiger partial charge >= 0.3 is 11.9 Å². The Morgan fingerprint density at radius 1 is 0.535 bits per heavy atom. The SMILES string of the molecule is CCCCCCCCC(CCCCCCC)OC(=O)CCCCCCCN(CCO)CCCC(=O)OCCCCCCC. The van der Waals surface area contributed by atoms with Crippen LogP contribution in [0.15, 0.2) is 0 Å². The number of hydrogen-bond donors (Lipinski definition) is 1. The number of aliphatic hydroxyl groups excluding tert-OH is 1. The molecule has 0 spiro atoms. The van der Waals surface area contributed by atoms with Crippen molar-refractivity contribution in [3.8, 4) is 0 Å². The van der Waals surface area contributed by atoms with Crippen LogP contribution in [0.4, 0.5) is 0 Å². The van der Waals surface area contributed by atoms with Gasteiger partial charge in [0.15, 0.2) is 0 Å². The van der Waals surface area contributed by atoms with Crippen LogP contribution in [0.5, 0.6) is 0 Å². The van der Waals surface area contributed by atoms with Crippen LogP contribution in [-0.4, -0.2) is 60.9 Å². The Morgan fingerprint density at radius 2 is 1.00 bits per heavy atom. The number of carbonyl (C=O) groups excluding carboxylic acids is 2. The number of ether oxygens (including phenoxy) is 2. The third kappa shape index (κ3) is 30.7. The van der Waals surface area contributed by atoms with Crippen LogP contribution in [0.2, 0.25) is 0 Å². The summed E-state index contributed by atoms with van der Waals surface area (Å²) in [7, 11) is 0. The van der Waals surface area contributed by atoms with Crippen LogP contribution < -0.4 is 0 Å². The second-order valence-corrected chi connectivity index (χ2v) is 12.7. The van der Waals surface area contributed by atoms with Gasteiger partial charge in [-0.15, -0.1) is 0 Å². The molecular formula is C37H73NO5. The predicted molar refractivity (Wildman–Crippen MR) is 181 cm³/mol. The molecule has 0 heterocycles. The van der Waals surface area contributed by atoms with E-state index < -0.39 is 0 Å². The fraction of sp³-hybridized carbons (Fsp3) is 0.946. The van der Waals surface area contributed by atoms with Gasteiger partial charge in [0.25, 0.3) is 0 Å². The maximum Gasteiger partial charge on any atom is 0.306 e. The lowest BCUT2D eigenvalue weighted by atomic mass is 10.0. The molecule has 0 saturated heterocycles. The Kier molecular flexibility index (Phi) is 32.9. The van der Waals surface area contributed by atoms with Gasteiger partial charge in [-0.2, -0.15) is 0 Å². The summed E-state index contributed by atoms with van der Waals surface area (Å²) in [6.07, 6.45) is 28.9. The lowest BCUT2D eigenvalue weighted by molar-refractivity contribution is -0.150. The van der Waals surface area contributed by atoms with Crippen molar-refractivity contribution in [3.05, 3.63) is 0 Å². The number of rotatable bonds is 34. The van der Waals surface area contributed by atoms with Crippen LogP contribution in [0.3, 0.4) is 0 Å². The average molecular weight is 612 g/mol. The van der Waals surface area contributed by atoms with Crippen molar-refractivity contribution in [3.63, 3.8) is 0 Å². The monoisotopic (exact) mass is 612 g/mol. The van der Waals surface area contributed by atoms with E-state index in [0.717, 1.165) is 77.3 Å². The normalized spacial score (nSPS) is 12.1. The zero-order chi connectivity index (χ0) is 31.6. The highest BCUT2D eigenvalue weighted by Crippen LogP contribution is 2.18. The number of aliphatic hydroxyl groups is 1. The minimum Gasteiger partial charge on any atom is -0.466 e. The number of carbonyl (C=O) groups is 2. The van der Waals surface area contributed by atoms with Crippen LogP contribution in [-0.2, 0) is 19.1 Å². The van der Waals surface area contributed by atoms with Gasteiger partial charge in [-0.05, 0) is 64.5 Å². The molecular weight excluding hydrogens is 538 g/mol. The van der Waals surface area contributed by atoms with Crippen LogP contribution in [0.1, 0.15) is 188 Å². The molecule has 6 heteroatoms. The van der Waals surface area contributed by atoms with Gasteiger partial charge in [0.2, 0.25) is 0 Å². The fourth-order valence-corrected chi connectivity index (χ4v) is 5.66. The summed E-state index contributed by atoms with van der Waals surface area (Å²) >= 11 is 0. The summed E-state index contributed by atoms with van der Waals surface area (Å²) in [4.78, 5) is 26.8. The van der Waals surface area contributed by atoms with Gasteiger partial charge in [-0.3, -0.25) is 9.59 Å². The number of nitrogens with zero attached hydrogens (tertiary/aromatic N) is 1. The highest BCUT2D eigenvalue weighted by Gasteiger charge is 2.14. The summed E-state index contributed by atoms with van der Waals surface area (Å²) < 4.78 is 11.3. The minimum absolute atomic E-state index is 0.00585. The molecule has 0 aromatic rings. The van der Waals surface area contributed by atoms with Gasteiger partial charge < -0.3 is 19.5 Å². The molecule has 0 saturated carbocycles. The Balaban J connectivity index is 4.04. The van der Waals surface area contributed by atoms with Crippen LogP contribution >= 0.6 is 0 Å². The lowest BCUT2D eigenvalue weighted by Crippen LogP contribution is -2.29. The van der Waals surface area contributed by atoms with E-state index >= 15 is 0 Å².